The Hall–Kier alpha value is -2.31. The van der Waals surface area contributed by atoms with Crippen LogP contribution in [0.2, 0.25) is 0 Å². The first-order chi connectivity index (χ1) is 54.6. The molecule has 668 valence electrons. The highest BCUT2D eigenvalue weighted by molar-refractivity contribution is 5.79. The highest BCUT2D eigenvalue weighted by Gasteiger charge is 2.71. The minimum absolute atomic E-state index is 0.00362. The predicted molar refractivity (Wildman–Crippen MR) is 380 cm³/mol. The first kappa shape index (κ1) is 91.4. The van der Waals surface area contributed by atoms with Gasteiger partial charge in [0.15, 0.2) is 44.0 Å². The fourth-order valence-corrected chi connectivity index (χ4v) is 21.7. The van der Waals surface area contributed by atoms with Gasteiger partial charge in [0, 0.05) is 5.41 Å². The number of aliphatic hydroxyl groups excluding tert-OH is 23. The standard InChI is InChI=1S/C76H124O40/c1-27-40(83)46(89)52(95)64(104-27)114-60-56(99)68(108-35(22-79)58(60)112-65-54(97)49(92)57(34(21-78)107-65)111-63-50(93)42(85)31(81)23-101-63)113-59-41(84)28(2)105-67(55(59)98)115-61-43(86)32(82)24-102-69(61)110-39-12-13-72(5)37(73(39,6)26-80)11-14-75(8)38(72)10-9-29-30-19-71(3,4)15-17-76(30,18-16-74(29,75)7)70(100)116-66-53(96)48(91)45(88)36(109-66)25-103-62-51(94)47(90)44(87)33(20-77)106-62/h9,27-28,30-69,77-99H,10-26H2,1-8H3/t27-,28-,30?,31+,32+,33+,34+,35+,36+,37?,38?,39?,40-,41+,42-,43-,44+,45+,46+,47-,48-,49+,50+,51+,52+,53+,54+,55+,56+,57+,58+,59+,60+,61+,62+,63-,64-,65-,66-,67-,68-,69-,72?,73-,74+,75?,76?/m0/s1. The number of carbonyl (C=O) groups is 1. The fourth-order valence-electron chi connectivity index (χ4n) is 21.7. The Morgan fingerprint density at radius 2 is 0.905 bits per heavy atom. The third-order valence-corrected chi connectivity index (χ3v) is 29.1. The Kier molecular flexibility index (Phi) is 27.8. The van der Waals surface area contributed by atoms with Gasteiger partial charge in [-0.15, -0.1) is 0 Å². The van der Waals surface area contributed by atoms with E-state index in [0.717, 1.165) is 5.57 Å². The van der Waals surface area contributed by atoms with Crippen molar-refractivity contribution < 1.29 is 198 Å². The smallest absolute Gasteiger partial charge is 0.315 e. The summed E-state index contributed by atoms with van der Waals surface area (Å²) in [5.74, 6) is -1.22. The predicted octanol–water partition coefficient (Wildman–Crippen LogP) is -8.43. The van der Waals surface area contributed by atoms with Crippen LogP contribution in [0.15, 0.2) is 11.6 Å². The minimum Gasteiger partial charge on any atom is -0.432 e. The summed E-state index contributed by atoms with van der Waals surface area (Å²) in [6, 6.07) is 0. The molecule has 13 rings (SSSR count). The molecule has 0 aromatic heterocycles. The molecule has 0 aromatic rings. The molecule has 0 aromatic carbocycles. The normalized spacial score (nSPS) is 55.1. The van der Waals surface area contributed by atoms with Crippen LogP contribution in [0.25, 0.3) is 0 Å². The number of hydrogen-bond donors (Lipinski definition) is 23. The van der Waals surface area contributed by atoms with Crippen molar-refractivity contribution in [2.45, 2.75) is 359 Å². The number of ether oxygens (including phenoxy) is 16. The molecule has 0 radical (unpaired) electrons. The Bertz CT molecular complexity index is 3310. The van der Waals surface area contributed by atoms with Gasteiger partial charge >= 0.3 is 5.97 Å². The zero-order valence-electron chi connectivity index (χ0n) is 66.1. The lowest BCUT2D eigenvalue weighted by atomic mass is 9.33. The molecule has 8 heterocycles. The number of carbonyl (C=O) groups excluding carboxylic acids is 1. The van der Waals surface area contributed by atoms with E-state index in [2.05, 4.69) is 40.7 Å². The Morgan fingerprint density at radius 1 is 0.414 bits per heavy atom. The van der Waals surface area contributed by atoms with E-state index in [1.165, 1.54) is 13.8 Å². The molecule has 23 N–H and O–H groups in total. The van der Waals surface area contributed by atoms with E-state index < -0.39 is 312 Å². The van der Waals surface area contributed by atoms with Crippen LogP contribution in [0.5, 0.6) is 0 Å². The zero-order valence-corrected chi connectivity index (χ0v) is 66.1. The highest BCUT2D eigenvalue weighted by atomic mass is 16.8. The van der Waals surface area contributed by atoms with Crippen molar-refractivity contribution in [2.24, 2.45) is 50.2 Å². The van der Waals surface area contributed by atoms with Crippen molar-refractivity contribution >= 4 is 5.97 Å². The lowest BCUT2D eigenvalue weighted by Crippen LogP contribution is -2.69. The number of rotatable bonds is 21. The molecule has 8 saturated heterocycles. The molecule has 40 heteroatoms. The summed E-state index contributed by atoms with van der Waals surface area (Å²) < 4.78 is 95.9. The van der Waals surface area contributed by atoms with Crippen LogP contribution in [0, 0.1) is 50.2 Å². The molecule has 40 nitrogen and oxygen atoms in total. The quantitative estimate of drug-likeness (QED) is 0.0288. The van der Waals surface area contributed by atoms with Gasteiger partial charge in [-0.2, -0.15) is 0 Å². The molecule has 0 spiro atoms. The molecular formula is C76H124O40. The minimum atomic E-state index is -2.25. The van der Waals surface area contributed by atoms with E-state index in [0.29, 0.717) is 64.2 Å². The monoisotopic (exact) mass is 1680 g/mol. The third-order valence-electron chi connectivity index (χ3n) is 29.1. The van der Waals surface area contributed by atoms with Crippen molar-refractivity contribution in [2.75, 3.05) is 46.2 Å². The summed E-state index contributed by atoms with van der Waals surface area (Å²) in [4.78, 5) is 15.3. The molecule has 8 aliphatic heterocycles. The average molecular weight is 1680 g/mol. The zero-order chi connectivity index (χ0) is 84.4. The van der Waals surface area contributed by atoms with Crippen LogP contribution in [-0.2, 0) is 80.6 Å². The number of esters is 1. The second kappa shape index (κ2) is 35.3. The first-order valence-corrected chi connectivity index (χ1v) is 40.6. The van der Waals surface area contributed by atoms with Gasteiger partial charge < -0.3 is 193 Å². The van der Waals surface area contributed by atoms with Gasteiger partial charge in [0.2, 0.25) is 6.29 Å². The summed E-state index contributed by atoms with van der Waals surface area (Å²) in [6.07, 6.45) is -61.5. The van der Waals surface area contributed by atoms with Crippen molar-refractivity contribution in [3.05, 3.63) is 11.6 Å². The van der Waals surface area contributed by atoms with Gasteiger partial charge in [0.25, 0.3) is 0 Å². The average Bonchev–Trinajstić information content (AvgIpc) is 0.673. The number of allylic oxidation sites excluding steroid dienone is 2. The van der Waals surface area contributed by atoms with E-state index in [-0.39, 0.29) is 29.8 Å². The molecule has 0 bridgehead atoms. The molecule has 12 fully saturated rings. The molecular weight excluding hydrogens is 1550 g/mol. The highest BCUT2D eigenvalue weighted by Crippen LogP contribution is 2.76. The van der Waals surface area contributed by atoms with Gasteiger partial charge in [-0.1, -0.05) is 53.2 Å². The van der Waals surface area contributed by atoms with Crippen LogP contribution in [0.1, 0.15) is 120 Å². The third kappa shape index (κ3) is 16.2. The maximum Gasteiger partial charge on any atom is 0.315 e. The summed E-state index contributed by atoms with van der Waals surface area (Å²) in [5, 5.41) is 254. The molecule has 47 atom stereocenters. The molecule has 4 saturated carbocycles. The van der Waals surface area contributed by atoms with E-state index in [9.17, 15) is 117 Å². The summed E-state index contributed by atoms with van der Waals surface area (Å²) in [5.41, 5.74) is -2.62. The summed E-state index contributed by atoms with van der Waals surface area (Å²) in [7, 11) is 0. The van der Waals surface area contributed by atoms with Crippen LogP contribution in [0.4, 0.5) is 0 Å². The lowest BCUT2D eigenvalue weighted by Gasteiger charge is -2.71. The summed E-state index contributed by atoms with van der Waals surface area (Å²) >= 11 is 0. The molecule has 5 aliphatic carbocycles. The van der Waals surface area contributed by atoms with Crippen molar-refractivity contribution in [3.63, 3.8) is 0 Å². The van der Waals surface area contributed by atoms with Gasteiger partial charge in [-0.3, -0.25) is 4.79 Å². The SMILES string of the molecule is C[C@@H]1O[C@@H](O[C@@H]2[C@@H](O)[C@H](O[C@H]3[C@@H](O)[C@H](O[C@H]4[C@H](OC5CCC6(C)C7CC=C8C9CC(C)(C)CCC9(C(=O)O[C@@H]9O[C@H](CO[C@@H]%10O[C@H](CO)[C@@H](O)[C@H](O)[C@H]%10O)[C@@H](O)[C@H](O)[C@H]9O)CC[C@@]8(C)C7(C)CCC6[C@]5(C)CO)OC[C@@H](O)[C@@H]4O)O[C@@H](C)[C@H]3O)O[C@H](CO)[C@H]2O[C@@H]2O[C@H](CO)[C@@H](O[C@@H]3OC[C@@H](O)[C@H](O)[C@H]3O)[C@H](O)[C@H]2O)[C@H](O)[C@H](O)[C@H]1O. The number of aliphatic hydroxyl groups is 23. The summed E-state index contributed by atoms with van der Waals surface area (Å²) in [6.45, 7) is 11.0. The van der Waals surface area contributed by atoms with E-state index in [1.807, 2.05) is 6.92 Å². The van der Waals surface area contributed by atoms with Crippen LogP contribution < -0.4 is 0 Å². The van der Waals surface area contributed by atoms with Gasteiger partial charge in [0.05, 0.1) is 70.0 Å². The second-order valence-corrected chi connectivity index (χ2v) is 36.5. The fraction of sp³-hybridized carbons (Fsp3) is 0.961. The second-order valence-electron chi connectivity index (χ2n) is 36.5. The first-order valence-electron chi connectivity index (χ1n) is 40.6. The maximum atomic E-state index is 15.3. The number of fused-ring (bicyclic) bond motifs is 7. The van der Waals surface area contributed by atoms with Crippen LogP contribution >= 0.6 is 0 Å². The molecule has 13 aliphatic rings. The van der Waals surface area contributed by atoms with Crippen LogP contribution in [0.3, 0.4) is 0 Å². The lowest BCUT2D eigenvalue weighted by molar-refractivity contribution is -0.406. The largest absolute Gasteiger partial charge is 0.432 e. The van der Waals surface area contributed by atoms with E-state index in [4.69, 9.17) is 75.8 Å². The van der Waals surface area contributed by atoms with E-state index >= 15 is 4.79 Å². The Morgan fingerprint density at radius 3 is 1.56 bits per heavy atom. The Labute approximate surface area is 669 Å². The van der Waals surface area contributed by atoms with Crippen LogP contribution in [-0.4, -0.2) is 409 Å². The van der Waals surface area contributed by atoms with Gasteiger partial charge in [-0.05, 0) is 117 Å². The molecule has 0 amide bonds. The van der Waals surface area contributed by atoms with Crippen molar-refractivity contribution in [1.82, 2.24) is 0 Å². The van der Waals surface area contributed by atoms with Crippen molar-refractivity contribution in [3.8, 4) is 0 Å². The Balaban J connectivity index is 0.696. The van der Waals surface area contributed by atoms with Crippen molar-refractivity contribution in [1.29, 1.82) is 0 Å². The maximum absolute atomic E-state index is 15.3. The van der Waals surface area contributed by atoms with E-state index in [1.54, 1.807) is 0 Å². The molecule has 7 unspecified atom stereocenters. The topological polar surface area (TPSA) is 630 Å². The van der Waals surface area contributed by atoms with Gasteiger partial charge in [-0.25, -0.2) is 0 Å². The molecule has 116 heavy (non-hydrogen) atoms. The number of hydrogen-bond acceptors (Lipinski definition) is 40. The van der Waals surface area contributed by atoms with Gasteiger partial charge in [0.1, 0.15) is 171 Å².